The number of amides is 1. The van der Waals surface area contributed by atoms with Gasteiger partial charge in [0.1, 0.15) is 13.2 Å². The molecule has 374 valence electrons. The van der Waals surface area contributed by atoms with Gasteiger partial charge in [0, 0.05) is 6.42 Å². The van der Waals surface area contributed by atoms with E-state index in [-0.39, 0.29) is 19.1 Å². The van der Waals surface area contributed by atoms with Gasteiger partial charge < -0.3 is 28.8 Å². The van der Waals surface area contributed by atoms with E-state index in [9.17, 15) is 19.4 Å². The topological polar surface area (TPSA) is 108 Å². The van der Waals surface area contributed by atoms with Crippen LogP contribution in [0, 0.1) is 0 Å². The van der Waals surface area contributed by atoms with Crippen LogP contribution in [0.2, 0.25) is 0 Å². The first-order valence-corrected chi connectivity index (χ1v) is 27.5. The molecule has 0 aliphatic heterocycles. The van der Waals surface area contributed by atoms with Crippen LogP contribution in [-0.4, -0.2) is 68.5 Å². The van der Waals surface area contributed by atoms with E-state index < -0.39 is 20.0 Å². The molecule has 0 aromatic carbocycles. The number of aliphatic hydroxyl groups excluding tert-OH is 1. The van der Waals surface area contributed by atoms with Crippen molar-refractivity contribution in [2.45, 2.75) is 212 Å². The Hall–Kier alpha value is -2.58. The summed E-state index contributed by atoms with van der Waals surface area (Å²) in [5, 5.41) is 13.9. The Balaban J connectivity index is 4.13. The zero-order valence-electron chi connectivity index (χ0n) is 42.4. The van der Waals surface area contributed by atoms with Crippen LogP contribution in [0.5, 0.6) is 0 Å². The van der Waals surface area contributed by atoms with Gasteiger partial charge in [-0.15, -0.1) is 0 Å². The zero-order chi connectivity index (χ0) is 47.8. The monoisotopic (exact) mass is 927 g/mol. The predicted octanol–water partition coefficient (Wildman–Crippen LogP) is 14.8. The van der Waals surface area contributed by atoms with Crippen molar-refractivity contribution in [1.82, 2.24) is 5.32 Å². The third-order valence-corrected chi connectivity index (χ3v) is 12.1. The van der Waals surface area contributed by atoms with Gasteiger partial charge in [-0.05, 0) is 77.0 Å². The third kappa shape index (κ3) is 49.2. The van der Waals surface area contributed by atoms with E-state index in [4.69, 9.17) is 9.05 Å². The number of nitrogens with zero attached hydrogens (tertiary/aromatic N) is 1. The third-order valence-electron chi connectivity index (χ3n) is 11.1. The zero-order valence-corrected chi connectivity index (χ0v) is 43.3. The van der Waals surface area contributed by atoms with Crippen molar-refractivity contribution in [1.29, 1.82) is 0 Å². The second-order valence-corrected chi connectivity index (χ2v) is 19.9. The number of hydrogen-bond acceptors (Lipinski definition) is 6. The van der Waals surface area contributed by atoms with Crippen molar-refractivity contribution in [2.24, 2.45) is 0 Å². The maximum atomic E-state index is 12.9. The quantitative estimate of drug-likeness (QED) is 0.0272. The molecule has 2 N–H and O–H groups in total. The van der Waals surface area contributed by atoms with E-state index in [1.165, 1.54) is 77.0 Å². The highest BCUT2D eigenvalue weighted by atomic mass is 31.2. The van der Waals surface area contributed by atoms with Crippen LogP contribution in [-0.2, 0) is 18.4 Å². The van der Waals surface area contributed by atoms with Gasteiger partial charge in [0.2, 0.25) is 5.91 Å². The average molecular weight is 927 g/mol. The molecule has 3 unspecified atom stereocenters. The van der Waals surface area contributed by atoms with Crippen molar-refractivity contribution in [2.75, 3.05) is 40.9 Å². The lowest BCUT2D eigenvalue weighted by Crippen LogP contribution is -2.46. The number of hydrogen-bond donors (Lipinski definition) is 2. The first-order valence-electron chi connectivity index (χ1n) is 26.1. The molecule has 0 saturated heterocycles. The predicted molar refractivity (Wildman–Crippen MR) is 279 cm³/mol. The largest absolute Gasteiger partial charge is 0.756 e. The van der Waals surface area contributed by atoms with Crippen LogP contribution >= 0.6 is 7.82 Å². The highest BCUT2D eigenvalue weighted by molar-refractivity contribution is 7.45. The lowest BCUT2D eigenvalue weighted by Gasteiger charge is -2.30. The molecular formula is C56H99N2O6P. The van der Waals surface area contributed by atoms with Crippen LogP contribution in [0.1, 0.15) is 200 Å². The summed E-state index contributed by atoms with van der Waals surface area (Å²) in [4.78, 5) is 25.4. The van der Waals surface area contributed by atoms with Crippen molar-refractivity contribution < 1.29 is 32.9 Å². The maximum Gasteiger partial charge on any atom is 0.268 e. The molecule has 9 heteroatoms. The van der Waals surface area contributed by atoms with Gasteiger partial charge >= 0.3 is 0 Å². The lowest BCUT2D eigenvalue weighted by atomic mass is 10.0. The summed E-state index contributed by atoms with van der Waals surface area (Å²) >= 11 is 0. The molecule has 0 bridgehead atoms. The van der Waals surface area contributed by atoms with Gasteiger partial charge in [-0.3, -0.25) is 9.36 Å². The Kier molecular flexibility index (Phi) is 44.7. The van der Waals surface area contributed by atoms with Gasteiger partial charge in [-0.25, -0.2) is 0 Å². The van der Waals surface area contributed by atoms with Crippen molar-refractivity contribution in [3.63, 3.8) is 0 Å². The molecule has 0 fully saturated rings. The Morgan fingerprint density at radius 3 is 1.37 bits per heavy atom. The van der Waals surface area contributed by atoms with Crippen LogP contribution < -0.4 is 10.2 Å². The number of carbonyl (C=O) groups excluding carboxylic acids is 1. The summed E-state index contributed by atoms with van der Waals surface area (Å²) < 4.78 is 23.3. The molecule has 0 spiro atoms. The van der Waals surface area contributed by atoms with E-state index in [1.807, 2.05) is 21.1 Å². The van der Waals surface area contributed by atoms with Gasteiger partial charge in [-0.2, -0.15) is 0 Å². The molecule has 8 nitrogen and oxygen atoms in total. The number of phosphoric ester groups is 1. The Morgan fingerprint density at radius 1 is 0.554 bits per heavy atom. The summed E-state index contributed by atoms with van der Waals surface area (Å²) in [6, 6.07) is -0.810. The molecule has 1 amide bonds. The van der Waals surface area contributed by atoms with Crippen LogP contribution in [0.25, 0.3) is 0 Å². The van der Waals surface area contributed by atoms with E-state index in [1.54, 1.807) is 0 Å². The average Bonchev–Trinajstić information content (AvgIpc) is 3.26. The molecule has 0 aliphatic carbocycles. The fourth-order valence-electron chi connectivity index (χ4n) is 7.00. The number of rotatable bonds is 46. The molecule has 0 rings (SSSR count). The normalized spacial score (nSPS) is 14.9. The second kappa shape index (κ2) is 46.5. The molecule has 0 saturated carbocycles. The summed E-state index contributed by atoms with van der Waals surface area (Å²) in [7, 11) is 1.28. The molecule has 0 aliphatic rings. The Morgan fingerprint density at radius 2 is 0.938 bits per heavy atom. The standard InChI is InChI=1S/C56H99N2O6P/c1-6-8-10-12-14-16-18-19-20-21-22-23-24-25-26-27-28-29-30-31-32-33-34-35-36-37-38-39-40-42-44-46-48-50-56(60)57-54(53-64-65(61,62)63-52-51-58(3,4)5)55(59)49-47-45-43-41-17-15-13-11-9-7-2/h8,10,14,16,19-20,22-23,25-26,28-29,31-32,34-35,54-55,59H,6-7,9,11-13,15,17-18,21,24,27,30,33,36-53H2,1-5H3,(H-,57,60,61,62)/b10-8-,16-14-,20-19-,23-22-,26-25-,29-28-,32-31-,35-34-. The molecule has 3 atom stereocenters. The summed E-state index contributed by atoms with van der Waals surface area (Å²) in [5.41, 5.74) is 0. The van der Waals surface area contributed by atoms with Crippen LogP contribution in [0.4, 0.5) is 0 Å². The highest BCUT2D eigenvalue weighted by Gasteiger charge is 2.24. The Bertz CT molecular complexity index is 1370. The van der Waals surface area contributed by atoms with E-state index in [0.717, 1.165) is 96.3 Å². The maximum absolute atomic E-state index is 12.9. The van der Waals surface area contributed by atoms with E-state index in [2.05, 4.69) is 116 Å². The highest BCUT2D eigenvalue weighted by Crippen LogP contribution is 2.38. The summed E-state index contributed by atoms with van der Waals surface area (Å²) in [5.74, 6) is -0.180. The molecule has 0 aromatic rings. The number of phosphoric acid groups is 1. The molecule has 0 heterocycles. The van der Waals surface area contributed by atoms with Gasteiger partial charge in [0.15, 0.2) is 0 Å². The lowest BCUT2D eigenvalue weighted by molar-refractivity contribution is -0.870. The minimum atomic E-state index is -4.57. The van der Waals surface area contributed by atoms with Gasteiger partial charge in [-0.1, -0.05) is 214 Å². The van der Waals surface area contributed by atoms with Gasteiger partial charge in [0.05, 0.1) is 39.9 Å². The van der Waals surface area contributed by atoms with Crippen LogP contribution in [0.3, 0.4) is 0 Å². The minimum absolute atomic E-state index is 0.00550. The molecule has 0 aromatic heterocycles. The number of unbranched alkanes of at least 4 members (excludes halogenated alkanes) is 17. The Labute approximate surface area is 400 Å². The molecule has 0 radical (unpaired) electrons. The SMILES string of the molecule is CC/C=C\C/C=C\C/C=C\C/C=C\C/C=C\C/C=C\C/C=C\C/C=C\CCCCCCCCCCC(=O)NC(COP(=O)([O-])OCC[N+](C)(C)C)C(O)CCCCCCCCCCCC. The fraction of sp³-hybridized carbons (Fsp3) is 0.696. The van der Waals surface area contributed by atoms with Crippen molar-refractivity contribution in [3.05, 3.63) is 97.2 Å². The molecule has 65 heavy (non-hydrogen) atoms. The second-order valence-electron chi connectivity index (χ2n) is 18.5. The first kappa shape index (κ1) is 62.4. The van der Waals surface area contributed by atoms with E-state index >= 15 is 0 Å². The minimum Gasteiger partial charge on any atom is -0.756 e. The van der Waals surface area contributed by atoms with Crippen molar-refractivity contribution >= 4 is 13.7 Å². The fourth-order valence-corrected chi connectivity index (χ4v) is 7.72. The van der Waals surface area contributed by atoms with Crippen LogP contribution in [0.15, 0.2) is 97.2 Å². The molecular weight excluding hydrogens is 828 g/mol. The summed E-state index contributed by atoms with van der Waals surface area (Å²) in [6.45, 7) is 4.56. The van der Waals surface area contributed by atoms with Crippen molar-refractivity contribution in [3.8, 4) is 0 Å². The van der Waals surface area contributed by atoms with Gasteiger partial charge in [0.25, 0.3) is 7.82 Å². The number of nitrogens with one attached hydrogen (secondary N) is 1. The van der Waals surface area contributed by atoms with E-state index in [0.29, 0.717) is 23.9 Å². The number of quaternary nitrogens is 1. The smallest absolute Gasteiger partial charge is 0.268 e. The number of aliphatic hydroxyl groups is 1. The number of likely N-dealkylation sites (N-methyl/N-ethyl adjacent to an activating group) is 1. The number of carbonyl (C=O) groups is 1. The summed E-state index contributed by atoms with van der Waals surface area (Å²) in [6.07, 6.45) is 65.8. The number of allylic oxidation sites excluding steroid dienone is 16. The first-order chi connectivity index (χ1) is 31.5.